The predicted octanol–water partition coefficient (Wildman–Crippen LogP) is 6.53. The van der Waals surface area contributed by atoms with Gasteiger partial charge in [-0.05, 0) is 62.0 Å². The van der Waals surface area contributed by atoms with Crippen LogP contribution in [0.2, 0.25) is 0 Å². The Bertz CT molecular complexity index is 696. The second-order valence-corrected chi connectivity index (χ2v) is 10.5. The van der Waals surface area contributed by atoms with Gasteiger partial charge in [-0.15, -0.1) is 5.25 Å². The van der Waals surface area contributed by atoms with Crippen LogP contribution in [0.5, 0.6) is 5.75 Å². The van der Waals surface area contributed by atoms with E-state index in [1.54, 1.807) is 12.1 Å². The molecule has 5 nitrogen and oxygen atoms in total. The van der Waals surface area contributed by atoms with Gasteiger partial charge in [0, 0.05) is 6.16 Å². The summed E-state index contributed by atoms with van der Waals surface area (Å²) in [5.41, 5.74) is 0.480. The Morgan fingerprint density at radius 2 is 1.73 bits per heavy atom. The van der Waals surface area contributed by atoms with Crippen molar-refractivity contribution >= 4 is 7.52 Å². The highest BCUT2D eigenvalue weighted by atomic mass is 31.2. The minimum absolute atomic E-state index is 0.0249. The zero-order valence-electron chi connectivity index (χ0n) is 17.9. The van der Waals surface area contributed by atoms with Crippen molar-refractivity contribution in [3.05, 3.63) is 29.3 Å². The maximum atomic E-state index is 14.6. The molecule has 1 atom stereocenters. The summed E-state index contributed by atoms with van der Waals surface area (Å²) in [5.74, 6) is -0.875. The molecule has 0 aromatic heterocycles. The quantitative estimate of drug-likeness (QED) is 0.182. The van der Waals surface area contributed by atoms with Crippen LogP contribution in [0.3, 0.4) is 0 Å². The molecule has 0 bridgehead atoms. The summed E-state index contributed by atoms with van der Waals surface area (Å²) in [7, 11) is -3.60. The second kappa shape index (κ2) is 12.7. The van der Waals surface area contributed by atoms with E-state index in [4.69, 9.17) is 9.94 Å². The highest BCUT2D eigenvalue weighted by Crippen LogP contribution is 2.40. The van der Waals surface area contributed by atoms with Crippen molar-refractivity contribution in [3.63, 3.8) is 0 Å². The molecule has 1 saturated carbocycles. The van der Waals surface area contributed by atoms with Gasteiger partial charge < -0.3 is 14.8 Å². The van der Waals surface area contributed by atoms with Crippen molar-refractivity contribution in [2.45, 2.75) is 83.5 Å². The monoisotopic (exact) mass is 447 g/mol. The molecule has 1 aliphatic rings. The van der Waals surface area contributed by atoms with E-state index in [-0.39, 0.29) is 17.8 Å². The topological polar surface area (TPSA) is 78.8 Å². The highest BCUT2D eigenvalue weighted by Gasteiger charge is 2.26. The van der Waals surface area contributed by atoms with Gasteiger partial charge in [-0.2, -0.15) is 4.39 Å². The number of hydrogen-bond acceptors (Lipinski definition) is 3. The SMILES string of the molecule is CCCC1CCC(c2ccc(OCCCCCCCP(=O)(O)NO)c(F)c2F)CC1. The first-order valence-electron chi connectivity index (χ1n) is 11.2. The van der Waals surface area contributed by atoms with Crippen molar-refractivity contribution < 1.29 is 28.2 Å². The first kappa shape index (κ1) is 25.3. The second-order valence-electron chi connectivity index (χ2n) is 8.43. The van der Waals surface area contributed by atoms with Gasteiger partial charge in [0.05, 0.1) is 6.61 Å². The Hall–Kier alpha value is -1.01. The third kappa shape index (κ3) is 7.92. The molecule has 172 valence electrons. The molecule has 1 aliphatic carbocycles. The number of unbranched alkanes of at least 4 members (excludes halogenated alkanes) is 4. The molecule has 1 aromatic carbocycles. The molecule has 1 aromatic rings. The Balaban J connectivity index is 1.71. The molecule has 8 heteroatoms. The van der Waals surface area contributed by atoms with Gasteiger partial charge in [0.15, 0.2) is 11.6 Å². The fourth-order valence-electron chi connectivity index (χ4n) is 4.33. The molecule has 0 amide bonds. The van der Waals surface area contributed by atoms with Gasteiger partial charge in [-0.1, -0.05) is 45.1 Å². The first-order valence-corrected chi connectivity index (χ1v) is 13.1. The Morgan fingerprint density at radius 3 is 2.40 bits per heavy atom. The average molecular weight is 448 g/mol. The van der Waals surface area contributed by atoms with Crippen molar-refractivity contribution in [1.29, 1.82) is 0 Å². The summed E-state index contributed by atoms with van der Waals surface area (Å²) in [6, 6.07) is 3.23. The Labute approximate surface area is 178 Å². The number of ether oxygens (including phenoxy) is 1. The fourth-order valence-corrected chi connectivity index (χ4v) is 5.09. The standard InChI is InChI=1S/C22H36F2NO4P/c1-2-8-17-9-11-18(12-10-17)19-13-14-20(22(24)21(19)23)29-15-6-4-3-5-7-16-30(27,28)25-26/h13-14,17-18,26H,2-12,15-16H2,1H3,(H2,25,27,28). The van der Waals surface area contributed by atoms with Crippen LogP contribution >= 0.6 is 7.52 Å². The van der Waals surface area contributed by atoms with Crippen molar-refractivity contribution in [2.75, 3.05) is 12.8 Å². The summed E-state index contributed by atoms with van der Waals surface area (Å²) < 4.78 is 45.7. The number of nitrogens with one attached hydrogen (secondary N) is 1. The van der Waals surface area contributed by atoms with E-state index in [2.05, 4.69) is 6.92 Å². The molecule has 0 saturated heterocycles. The van der Waals surface area contributed by atoms with Gasteiger partial charge in [-0.25, -0.2) is 4.39 Å². The summed E-state index contributed by atoms with van der Waals surface area (Å²) >= 11 is 0. The van der Waals surface area contributed by atoms with E-state index in [1.807, 2.05) is 0 Å². The van der Waals surface area contributed by atoms with Crippen LogP contribution < -0.4 is 9.99 Å². The lowest BCUT2D eigenvalue weighted by atomic mass is 9.77. The third-order valence-electron chi connectivity index (χ3n) is 6.08. The fraction of sp³-hybridized carbons (Fsp3) is 0.727. The van der Waals surface area contributed by atoms with Crippen LogP contribution in [0, 0.1) is 17.6 Å². The van der Waals surface area contributed by atoms with Gasteiger partial charge in [-0.3, -0.25) is 4.57 Å². The zero-order valence-corrected chi connectivity index (χ0v) is 18.8. The van der Waals surface area contributed by atoms with Crippen molar-refractivity contribution in [3.8, 4) is 5.75 Å². The molecule has 1 unspecified atom stereocenters. The molecule has 3 N–H and O–H groups in total. The van der Waals surface area contributed by atoms with E-state index in [0.29, 0.717) is 25.0 Å². The molecule has 2 rings (SSSR count). The summed E-state index contributed by atoms with van der Waals surface area (Å²) in [5, 5.41) is 9.94. The lowest BCUT2D eigenvalue weighted by Crippen LogP contribution is -2.15. The van der Waals surface area contributed by atoms with Crippen LogP contribution in [0.1, 0.15) is 89.0 Å². The molecule has 30 heavy (non-hydrogen) atoms. The van der Waals surface area contributed by atoms with Gasteiger partial charge in [0.25, 0.3) is 7.52 Å². The number of hydrogen-bond donors (Lipinski definition) is 3. The molecule has 0 heterocycles. The molecule has 0 spiro atoms. The van der Waals surface area contributed by atoms with Crippen LogP contribution in [-0.2, 0) is 4.57 Å². The largest absolute Gasteiger partial charge is 0.490 e. The van der Waals surface area contributed by atoms with E-state index in [9.17, 15) is 18.2 Å². The molecule has 0 radical (unpaired) electrons. The zero-order chi connectivity index (χ0) is 22.0. The maximum absolute atomic E-state index is 14.6. The Kier molecular flexibility index (Phi) is 10.7. The minimum Gasteiger partial charge on any atom is -0.490 e. The lowest BCUT2D eigenvalue weighted by molar-refractivity contribution is 0.222. The van der Waals surface area contributed by atoms with Crippen LogP contribution in [0.25, 0.3) is 0 Å². The van der Waals surface area contributed by atoms with E-state index in [1.165, 1.54) is 18.1 Å². The highest BCUT2D eigenvalue weighted by molar-refractivity contribution is 7.55. The first-order chi connectivity index (χ1) is 14.4. The predicted molar refractivity (Wildman–Crippen MR) is 114 cm³/mol. The summed E-state index contributed by atoms with van der Waals surface area (Å²) in [6.07, 6.45) is 10.1. The molecule has 1 fully saturated rings. The lowest BCUT2D eigenvalue weighted by Gasteiger charge is -2.29. The van der Waals surface area contributed by atoms with E-state index in [0.717, 1.165) is 50.9 Å². The smallest absolute Gasteiger partial charge is 0.289 e. The molecular weight excluding hydrogens is 411 g/mol. The van der Waals surface area contributed by atoms with Crippen molar-refractivity contribution in [1.82, 2.24) is 5.25 Å². The molecular formula is C22H36F2NO4P. The van der Waals surface area contributed by atoms with Crippen LogP contribution in [-0.4, -0.2) is 22.9 Å². The number of halogens is 2. The van der Waals surface area contributed by atoms with Crippen LogP contribution in [0.4, 0.5) is 8.78 Å². The Morgan fingerprint density at radius 1 is 1.07 bits per heavy atom. The van der Waals surface area contributed by atoms with Crippen LogP contribution in [0.15, 0.2) is 12.1 Å². The summed E-state index contributed by atoms with van der Waals surface area (Å²) in [6.45, 7) is 2.49. The molecule has 0 aliphatic heterocycles. The normalized spacial score (nSPS) is 21.4. The number of rotatable bonds is 13. The third-order valence-corrected chi connectivity index (χ3v) is 7.31. The van der Waals surface area contributed by atoms with Crippen molar-refractivity contribution in [2.24, 2.45) is 5.92 Å². The van der Waals surface area contributed by atoms with Gasteiger partial charge in [0.2, 0.25) is 5.82 Å². The maximum Gasteiger partial charge on any atom is 0.289 e. The minimum atomic E-state index is -3.60. The summed E-state index contributed by atoms with van der Waals surface area (Å²) in [4.78, 5) is 9.18. The average Bonchev–Trinajstić information content (AvgIpc) is 2.74. The number of benzene rings is 1. The van der Waals surface area contributed by atoms with Gasteiger partial charge in [0.1, 0.15) is 0 Å². The van der Waals surface area contributed by atoms with E-state index < -0.39 is 19.2 Å². The van der Waals surface area contributed by atoms with Gasteiger partial charge >= 0.3 is 0 Å². The van der Waals surface area contributed by atoms with E-state index >= 15 is 0 Å².